The topological polar surface area (TPSA) is 86.5 Å². The highest BCUT2D eigenvalue weighted by molar-refractivity contribution is 7.99. The Morgan fingerprint density at radius 3 is 2.67 bits per heavy atom. The summed E-state index contributed by atoms with van der Waals surface area (Å²) in [5.74, 6) is 1.72. The lowest BCUT2D eigenvalue weighted by Gasteiger charge is -2.05. The van der Waals surface area contributed by atoms with Crippen LogP contribution in [0.3, 0.4) is 0 Å². The number of amides is 1. The lowest BCUT2D eigenvalue weighted by molar-refractivity contribution is -0.113. The van der Waals surface area contributed by atoms with E-state index in [1.807, 2.05) is 26.0 Å². The van der Waals surface area contributed by atoms with Crippen LogP contribution in [-0.4, -0.2) is 28.7 Å². The van der Waals surface area contributed by atoms with Crippen LogP contribution in [0, 0.1) is 13.8 Å². The van der Waals surface area contributed by atoms with Gasteiger partial charge >= 0.3 is 0 Å². The molecule has 0 bridgehead atoms. The van der Waals surface area contributed by atoms with Crippen LogP contribution in [0.15, 0.2) is 46.0 Å². The zero-order chi connectivity index (χ0) is 18.8. The minimum absolute atomic E-state index is 0.156. The van der Waals surface area contributed by atoms with Crippen molar-refractivity contribution in [1.29, 1.82) is 0 Å². The highest BCUT2D eigenvalue weighted by atomic mass is 32.2. The van der Waals surface area contributed by atoms with Gasteiger partial charge in [-0.1, -0.05) is 29.0 Å². The van der Waals surface area contributed by atoms with Gasteiger partial charge in [-0.25, -0.2) is 0 Å². The molecule has 138 valence electrons. The number of thioether (sulfide) groups is 1. The lowest BCUT2D eigenvalue weighted by Crippen LogP contribution is -2.13. The van der Waals surface area contributed by atoms with E-state index in [4.69, 9.17) is 13.9 Å². The minimum Gasteiger partial charge on any atom is -0.454 e. The average Bonchev–Trinajstić information content (AvgIpc) is 3.28. The quantitative estimate of drug-likeness (QED) is 0.670. The van der Waals surface area contributed by atoms with Crippen molar-refractivity contribution in [2.45, 2.75) is 19.1 Å². The molecule has 0 spiro atoms. The van der Waals surface area contributed by atoms with Crippen molar-refractivity contribution < 1.29 is 18.7 Å². The summed E-state index contributed by atoms with van der Waals surface area (Å²) in [5, 5.41) is 11.2. The van der Waals surface area contributed by atoms with Crippen LogP contribution < -0.4 is 14.8 Å². The number of fused-ring (bicyclic) bond motifs is 1. The van der Waals surface area contributed by atoms with Crippen LogP contribution >= 0.6 is 11.8 Å². The Bertz CT molecular complexity index is 982. The van der Waals surface area contributed by atoms with Gasteiger partial charge in [0, 0.05) is 17.3 Å². The molecule has 1 aromatic heterocycles. The number of hydrogen-bond donors (Lipinski definition) is 1. The third kappa shape index (κ3) is 4.06. The second kappa shape index (κ2) is 7.32. The third-order valence-corrected chi connectivity index (χ3v) is 4.68. The van der Waals surface area contributed by atoms with Crippen LogP contribution in [0.1, 0.15) is 11.1 Å². The SMILES string of the molecule is Cc1cc(C)cc(-c2nnc(SCC(=O)Nc3ccc4c(c3)OCO4)o2)c1. The summed E-state index contributed by atoms with van der Waals surface area (Å²) in [7, 11) is 0. The molecule has 2 aromatic carbocycles. The lowest BCUT2D eigenvalue weighted by atomic mass is 10.1. The molecule has 1 N–H and O–H groups in total. The van der Waals surface area contributed by atoms with Gasteiger partial charge in [0.05, 0.1) is 5.75 Å². The molecule has 3 aromatic rings. The molecule has 0 unspecified atom stereocenters. The largest absolute Gasteiger partial charge is 0.454 e. The number of ether oxygens (including phenoxy) is 2. The third-order valence-electron chi connectivity index (χ3n) is 3.86. The van der Waals surface area contributed by atoms with E-state index < -0.39 is 0 Å². The highest BCUT2D eigenvalue weighted by Gasteiger charge is 2.15. The summed E-state index contributed by atoms with van der Waals surface area (Å²) in [6.45, 7) is 4.23. The van der Waals surface area contributed by atoms with E-state index in [-0.39, 0.29) is 18.5 Å². The van der Waals surface area contributed by atoms with Gasteiger partial charge in [-0.05, 0) is 38.1 Å². The second-order valence-corrected chi connectivity index (χ2v) is 7.08. The predicted molar refractivity (Wildman–Crippen MR) is 101 cm³/mol. The number of aryl methyl sites for hydroxylation is 2. The van der Waals surface area contributed by atoms with Crippen molar-refractivity contribution >= 4 is 23.4 Å². The fourth-order valence-corrected chi connectivity index (χ4v) is 3.34. The van der Waals surface area contributed by atoms with E-state index in [0.717, 1.165) is 16.7 Å². The van der Waals surface area contributed by atoms with Gasteiger partial charge in [0.15, 0.2) is 11.5 Å². The Kier molecular flexibility index (Phi) is 4.72. The summed E-state index contributed by atoms with van der Waals surface area (Å²) in [6, 6.07) is 11.3. The number of benzene rings is 2. The first kappa shape index (κ1) is 17.4. The molecule has 0 saturated carbocycles. The summed E-state index contributed by atoms with van der Waals surface area (Å²) >= 11 is 1.19. The zero-order valence-electron chi connectivity index (χ0n) is 14.8. The van der Waals surface area contributed by atoms with E-state index in [0.29, 0.717) is 28.3 Å². The van der Waals surface area contributed by atoms with Crippen LogP contribution in [0.4, 0.5) is 5.69 Å². The smallest absolute Gasteiger partial charge is 0.277 e. The number of carbonyl (C=O) groups is 1. The van der Waals surface area contributed by atoms with E-state index >= 15 is 0 Å². The molecule has 0 saturated heterocycles. The summed E-state index contributed by atoms with van der Waals surface area (Å²) in [6.07, 6.45) is 0. The molecular formula is C19H17N3O4S. The van der Waals surface area contributed by atoms with Crippen molar-refractivity contribution in [2.24, 2.45) is 0 Å². The number of nitrogens with one attached hydrogen (secondary N) is 1. The van der Waals surface area contributed by atoms with E-state index in [9.17, 15) is 4.79 Å². The van der Waals surface area contributed by atoms with E-state index in [1.165, 1.54) is 11.8 Å². The van der Waals surface area contributed by atoms with Crippen molar-refractivity contribution in [3.8, 4) is 23.0 Å². The number of carbonyl (C=O) groups excluding carboxylic acids is 1. The Morgan fingerprint density at radius 2 is 1.85 bits per heavy atom. The highest BCUT2D eigenvalue weighted by Crippen LogP contribution is 2.34. The maximum absolute atomic E-state index is 12.2. The molecule has 1 amide bonds. The Labute approximate surface area is 160 Å². The molecular weight excluding hydrogens is 366 g/mol. The Hall–Kier alpha value is -3.00. The molecule has 0 atom stereocenters. The van der Waals surface area contributed by atoms with Gasteiger partial charge < -0.3 is 19.2 Å². The van der Waals surface area contributed by atoms with Gasteiger partial charge in [0.1, 0.15) is 0 Å². The summed E-state index contributed by atoms with van der Waals surface area (Å²) in [4.78, 5) is 12.2. The van der Waals surface area contributed by atoms with Crippen molar-refractivity contribution in [3.05, 3.63) is 47.5 Å². The first-order valence-electron chi connectivity index (χ1n) is 8.31. The molecule has 1 aliphatic heterocycles. The number of nitrogens with zero attached hydrogens (tertiary/aromatic N) is 2. The molecule has 0 fully saturated rings. The van der Waals surface area contributed by atoms with Gasteiger partial charge in [0.25, 0.3) is 5.22 Å². The molecule has 4 rings (SSSR count). The monoisotopic (exact) mass is 383 g/mol. The van der Waals surface area contributed by atoms with E-state index in [2.05, 4.69) is 21.6 Å². The van der Waals surface area contributed by atoms with Crippen LogP contribution in [-0.2, 0) is 4.79 Å². The van der Waals surface area contributed by atoms with Crippen molar-refractivity contribution in [2.75, 3.05) is 17.9 Å². The average molecular weight is 383 g/mol. The van der Waals surface area contributed by atoms with Crippen LogP contribution in [0.5, 0.6) is 11.5 Å². The van der Waals surface area contributed by atoms with Crippen LogP contribution in [0.2, 0.25) is 0 Å². The van der Waals surface area contributed by atoms with E-state index in [1.54, 1.807) is 18.2 Å². The zero-order valence-corrected chi connectivity index (χ0v) is 15.6. The predicted octanol–water partition coefficient (Wildman–Crippen LogP) is 3.81. The number of rotatable bonds is 5. The normalized spacial score (nSPS) is 12.2. The standard InChI is InChI=1S/C19H17N3O4S/c1-11-5-12(2)7-13(6-11)18-21-22-19(26-18)27-9-17(23)20-14-3-4-15-16(8-14)25-10-24-15/h3-8H,9-10H2,1-2H3,(H,20,23). The molecule has 0 aliphatic carbocycles. The number of anilines is 1. The fourth-order valence-electron chi connectivity index (χ4n) is 2.78. The molecule has 2 heterocycles. The molecule has 7 nitrogen and oxygen atoms in total. The minimum atomic E-state index is -0.176. The van der Waals surface area contributed by atoms with Gasteiger partial charge in [0.2, 0.25) is 18.6 Å². The molecule has 0 radical (unpaired) electrons. The molecule has 8 heteroatoms. The number of hydrogen-bond acceptors (Lipinski definition) is 7. The molecule has 27 heavy (non-hydrogen) atoms. The van der Waals surface area contributed by atoms with Crippen LogP contribution in [0.25, 0.3) is 11.5 Å². The van der Waals surface area contributed by atoms with Gasteiger partial charge in [-0.3, -0.25) is 4.79 Å². The fraction of sp³-hybridized carbons (Fsp3) is 0.211. The summed E-state index contributed by atoms with van der Waals surface area (Å²) in [5.41, 5.74) is 3.77. The maximum atomic E-state index is 12.2. The number of aromatic nitrogens is 2. The molecule has 1 aliphatic rings. The Balaban J connectivity index is 1.36. The first-order chi connectivity index (χ1) is 13.1. The second-order valence-electron chi connectivity index (χ2n) is 6.15. The van der Waals surface area contributed by atoms with Gasteiger partial charge in [-0.2, -0.15) is 0 Å². The Morgan fingerprint density at radius 1 is 1.07 bits per heavy atom. The summed E-state index contributed by atoms with van der Waals surface area (Å²) < 4.78 is 16.2. The maximum Gasteiger partial charge on any atom is 0.277 e. The van der Waals surface area contributed by atoms with Crippen molar-refractivity contribution in [3.63, 3.8) is 0 Å². The first-order valence-corrected chi connectivity index (χ1v) is 9.30. The van der Waals surface area contributed by atoms with Gasteiger partial charge in [-0.15, -0.1) is 10.2 Å². The van der Waals surface area contributed by atoms with Crippen molar-refractivity contribution in [1.82, 2.24) is 10.2 Å².